The third kappa shape index (κ3) is 2.70. The van der Waals surface area contributed by atoms with E-state index < -0.39 is 0 Å². The molecule has 19 heavy (non-hydrogen) atoms. The summed E-state index contributed by atoms with van der Waals surface area (Å²) < 4.78 is 12.9. The van der Waals surface area contributed by atoms with Crippen LogP contribution in [0.15, 0.2) is 54.6 Å². The molecule has 0 unspecified atom stereocenters. The zero-order valence-electron chi connectivity index (χ0n) is 10.8. The molecule has 1 aliphatic heterocycles. The second-order valence-corrected chi connectivity index (χ2v) is 4.79. The lowest BCUT2D eigenvalue weighted by Gasteiger charge is -2.37. The summed E-state index contributed by atoms with van der Waals surface area (Å²) in [4.78, 5) is 4.69. The molecule has 2 nitrogen and oxygen atoms in total. The fourth-order valence-corrected chi connectivity index (χ4v) is 2.51. The van der Waals surface area contributed by atoms with Crippen molar-refractivity contribution in [2.45, 2.75) is 0 Å². The molecule has 1 fully saturated rings. The maximum absolute atomic E-state index is 12.9. The van der Waals surface area contributed by atoms with E-state index in [1.807, 2.05) is 18.2 Å². The lowest BCUT2D eigenvalue weighted by molar-refractivity contribution is 0.625. The van der Waals surface area contributed by atoms with E-state index in [2.05, 4.69) is 34.1 Å². The Kier molecular flexibility index (Phi) is 3.36. The van der Waals surface area contributed by atoms with Crippen molar-refractivity contribution in [2.24, 2.45) is 0 Å². The number of benzene rings is 2. The van der Waals surface area contributed by atoms with Crippen LogP contribution in [-0.4, -0.2) is 26.2 Å². The van der Waals surface area contributed by atoms with E-state index in [4.69, 9.17) is 0 Å². The Morgan fingerprint density at radius 1 is 0.632 bits per heavy atom. The highest BCUT2D eigenvalue weighted by molar-refractivity contribution is 5.51. The number of hydrogen-bond donors (Lipinski definition) is 0. The van der Waals surface area contributed by atoms with Crippen molar-refractivity contribution in [2.75, 3.05) is 36.0 Å². The van der Waals surface area contributed by atoms with Gasteiger partial charge in [0.1, 0.15) is 5.82 Å². The molecule has 2 aromatic carbocycles. The Hall–Kier alpha value is -2.03. The number of para-hydroxylation sites is 1. The smallest absolute Gasteiger partial charge is 0.123 e. The summed E-state index contributed by atoms with van der Waals surface area (Å²) in [5, 5.41) is 0. The van der Waals surface area contributed by atoms with Crippen LogP contribution in [0.1, 0.15) is 0 Å². The fraction of sp³-hybridized carbons (Fsp3) is 0.250. The van der Waals surface area contributed by atoms with Gasteiger partial charge < -0.3 is 9.80 Å². The predicted octanol–water partition coefficient (Wildman–Crippen LogP) is 3.15. The SMILES string of the molecule is Fc1ccc(N2CCN(c3ccccc3)CC2)cc1. The summed E-state index contributed by atoms with van der Waals surface area (Å²) in [6.45, 7) is 3.95. The van der Waals surface area contributed by atoms with Crippen molar-refractivity contribution < 1.29 is 4.39 Å². The molecule has 0 radical (unpaired) electrons. The predicted molar refractivity (Wildman–Crippen MR) is 77.3 cm³/mol. The van der Waals surface area contributed by atoms with Crippen molar-refractivity contribution in [1.29, 1.82) is 0 Å². The minimum atomic E-state index is -0.174. The number of anilines is 2. The first-order valence-corrected chi connectivity index (χ1v) is 6.63. The minimum absolute atomic E-state index is 0.174. The maximum atomic E-state index is 12.9. The zero-order valence-corrected chi connectivity index (χ0v) is 10.8. The van der Waals surface area contributed by atoms with E-state index >= 15 is 0 Å². The first kappa shape index (κ1) is 12.0. The standard InChI is InChI=1S/C16H17FN2/c17-14-6-8-16(9-7-14)19-12-10-18(11-13-19)15-4-2-1-3-5-15/h1-9H,10-13H2. The van der Waals surface area contributed by atoms with Crippen molar-refractivity contribution >= 4 is 11.4 Å². The molecule has 0 amide bonds. The zero-order chi connectivity index (χ0) is 13.1. The fourth-order valence-electron chi connectivity index (χ4n) is 2.51. The van der Waals surface area contributed by atoms with Crippen LogP contribution in [0.25, 0.3) is 0 Å². The molecule has 0 saturated carbocycles. The van der Waals surface area contributed by atoms with Crippen LogP contribution in [0.3, 0.4) is 0 Å². The molecule has 0 N–H and O–H groups in total. The summed E-state index contributed by atoms with van der Waals surface area (Å²) in [5.74, 6) is -0.174. The van der Waals surface area contributed by atoms with Gasteiger partial charge in [0.25, 0.3) is 0 Å². The number of hydrogen-bond acceptors (Lipinski definition) is 2. The van der Waals surface area contributed by atoms with Gasteiger partial charge in [-0.3, -0.25) is 0 Å². The molecule has 3 rings (SSSR count). The Bertz CT molecular complexity index is 516. The van der Waals surface area contributed by atoms with Crippen molar-refractivity contribution in [3.63, 3.8) is 0 Å². The maximum Gasteiger partial charge on any atom is 0.123 e. The number of piperazine rings is 1. The van der Waals surface area contributed by atoms with Crippen molar-refractivity contribution in [1.82, 2.24) is 0 Å². The average Bonchev–Trinajstić information content (AvgIpc) is 2.49. The number of halogens is 1. The molecule has 1 aliphatic rings. The molecule has 1 heterocycles. The molecular weight excluding hydrogens is 239 g/mol. The summed E-state index contributed by atoms with van der Waals surface area (Å²) in [6.07, 6.45) is 0. The number of rotatable bonds is 2. The first-order chi connectivity index (χ1) is 9.33. The van der Waals surface area contributed by atoms with Gasteiger partial charge in [0, 0.05) is 37.6 Å². The second-order valence-electron chi connectivity index (χ2n) is 4.79. The van der Waals surface area contributed by atoms with E-state index in [-0.39, 0.29) is 5.82 Å². The quantitative estimate of drug-likeness (QED) is 0.814. The Morgan fingerprint density at radius 3 is 1.63 bits per heavy atom. The molecule has 0 spiro atoms. The second kappa shape index (κ2) is 5.31. The molecule has 1 saturated heterocycles. The van der Waals surface area contributed by atoms with Crippen LogP contribution < -0.4 is 9.80 Å². The lowest BCUT2D eigenvalue weighted by atomic mass is 10.2. The highest BCUT2D eigenvalue weighted by Crippen LogP contribution is 2.20. The van der Waals surface area contributed by atoms with E-state index in [9.17, 15) is 4.39 Å². The van der Waals surface area contributed by atoms with Gasteiger partial charge in [-0.25, -0.2) is 4.39 Å². The molecule has 0 bridgehead atoms. The highest BCUT2D eigenvalue weighted by Gasteiger charge is 2.17. The number of nitrogens with zero attached hydrogens (tertiary/aromatic N) is 2. The summed E-state index contributed by atoms with van der Waals surface area (Å²) in [7, 11) is 0. The Morgan fingerprint density at radius 2 is 1.11 bits per heavy atom. The lowest BCUT2D eigenvalue weighted by Crippen LogP contribution is -2.46. The molecule has 3 heteroatoms. The average molecular weight is 256 g/mol. The first-order valence-electron chi connectivity index (χ1n) is 6.63. The van der Waals surface area contributed by atoms with E-state index in [1.165, 1.54) is 17.8 Å². The van der Waals surface area contributed by atoms with Crippen molar-refractivity contribution in [3.8, 4) is 0 Å². The molecule has 2 aromatic rings. The van der Waals surface area contributed by atoms with Crippen LogP contribution in [0, 0.1) is 5.82 Å². The van der Waals surface area contributed by atoms with Gasteiger partial charge in [-0.1, -0.05) is 18.2 Å². The van der Waals surface area contributed by atoms with Crippen LogP contribution in [0.2, 0.25) is 0 Å². The minimum Gasteiger partial charge on any atom is -0.368 e. The van der Waals surface area contributed by atoms with Crippen molar-refractivity contribution in [3.05, 3.63) is 60.4 Å². The topological polar surface area (TPSA) is 6.48 Å². The third-order valence-corrected chi connectivity index (χ3v) is 3.59. The van der Waals surface area contributed by atoms with Gasteiger partial charge in [-0.15, -0.1) is 0 Å². The monoisotopic (exact) mass is 256 g/mol. The van der Waals surface area contributed by atoms with Crippen LogP contribution in [-0.2, 0) is 0 Å². The van der Waals surface area contributed by atoms with Crippen LogP contribution >= 0.6 is 0 Å². The van der Waals surface area contributed by atoms with Gasteiger partial charge in [-0.05, 0) is 36.4 Å². The highest BCUT2D eigenvalue weighted by atomic mass is 19.1. The molecule has 0 aromatic heterocycles. The van der Waals surface area contributed by atoms with Crippen LogP contribution in [0.4, 0.5) is 15.8 Å². The normalized spacial score (nSPS) is 15.6. The van der Waals surface area contributed by atoms with Gasteiger partial charge in [0.05, 0.1) is 0 Å². The van der Waals surface area contributed by atoms with E-state index in [0.29, 0.717) is 0 Å². The summed E-state index contributed by atoms with van der Waals surface area (Å²) in [5.41, 5.74) is 2.38. The molecular formula is C16H17FN2. The van der Waals surface area contributed by atoms with Crippen LogP contribution in [0.5, 0.6) is 0 Å². The largest absolute Gasteiger partial charge is 0.368 e. The van der Waals surface area contributed by atoms with Gasteiger partial charge in [0.15, 0.2) is 0 Å². The molecule has 98 valence electrons. The summed E-state index contributed by atoms with van der Waals surface area (Å²) in [6, 6.07) is 17.2. The van der Waals surface area contributed by atoms with Gasteiger partial charge in [0.2, 0.25) is 0 Å². The van der Waals surface area contributed by atoms with Gasteiger partial charge in [-0.2, -0.15) is 0 Å². The molecule has 0 aliphatic carbocycles. The molecule has 0 atom stereocenters. The Labute approximate surface area is 113 Å². The Balaban J connectivity index is 1.65. The van der Waals surface area contributed by atoms with E-state index in [1.54, 1.807) is 0 Å². The summed E-state index contributed by atoms with van der Waals surface area (Å²) >= 11 is 0. The van der Waals surface area contributed by atoms with E-state index in [0.717, 1.165) is 31.9 Å². The third-order valence-electron chi connectivity index (χ3n) is 3.59. The van der Waals surface area contributed by atoms with Gasteiger partial charge >= 0.3 is 0 Å².